The number of hydrogen-bond acceptors (Lipinski definition) is 4. The molecule has 1 aliphatic rings. The maximum Gasteiger partial charge on any atom is 0.248 e. The van der Waals surface area contributed by atoms with Crippen LogP contribution in [0, 0.1) is 0 Å². The summed E-state index contributed by atoms with van der Waals surface area (Å²) in [5, 5.41) is 2.77. The molecule has 0 saturated carbocycles. The van der Waals surface area contributed by atoms with Gasteiger partial charge in [0, 0.05) is 19.2 Å². The molecule has 1 fully saturated rings. The highest BCUT2D eigenvalue weighted by molar-refractivity contribution is 7.89. The van der Waals surface area contributed by atoms with Gasteiger partial charge in [0.15, 0.2) is 0 Å². The SMILES string of the molecule is CC(C)Oc1ccc(S(=O)(=O)N2CCCCC2)cc1NC(=O)/C=C\c1ccccc1. The Kier molecular flexibility index (Phi) is 7.29. The van der Waals surface area contributed by atoms with E-state index < -0.39 is 10.0 Å². The highest BCUT2D eigenvalue weighted by Crippen LogP contribution is 2.31. The zero-order valence-corrected chi connectivity index (χ0v) is 18.2. The first-order chi connectivity index (χ1) is 14.4. The zero-order valence-electron chi connectivity index (χ0n) is 17.4. The van der Waals surface area contributed by atoms with Gasteiger partial charge in [-0.15, -0.1) is 0 Å². The number of anilines is 1. The van der Waals surface area contributed by atoms with Crippen LogP contribution in [-0.2, 0) is 14.8 Å². The van der Waals surface area contributed by atoms with E-state index in [9.17, 15) is 13.2 Å². The molecule has 30 heavy (non-hydrogen) atoms. The molecule has 2 aromatic carbocycles. The Morgan fingerprint density at radius 3 is 2.43 bits per heavy atom. The number of ether oxygens (including phenoxy) is 1. The topological polar surface area (TPSA) is 75.7 Å². The van der Waals surface area contributed by atoms with E-state index in [0.717, 1.165) is 24.8 Å². The number of benzene rings is 2. The molecule has 2 aromatic rings. The van der Waals surface area contributed by atoms with Crippen molar-refractivity contribution in [1.82, 2.24) is 4.31 Å². The first kappa shape index (κ1) is 22.1. The molecule has 0 aromatic heterocycles. The number of rotatable bonds is 7. The van der Waals surface area contributed by atoms with E-state index in [2.05, 4.69) is 5.32 Å². The van der Waals surface area contributed by atoms with Crippen molar-refractivity contribution < 1.29 is 17.9 Å². The predicted molar refractivity (Wildman–Crippen MR) is 119 cm³/mol. The highest BCUT2D eigenvalue weighted by Gasteiger charge is 2.27. The number of nitrogens with zero attached hydrogens (tertiary/aromatic N) is 1. The average Bonchev–Trinajstić information content (AvgIpc) is 2.74. The molecule has 1 N–H and O–H groups in total. The first-order valence-corrected chi connectivity index (χ1v) is 11.7. The summed E-state index contributed by atoms with van der Waals surface area (Å²) in [4.78, 5) is 12.6. The number of carbonyl (C=O) groups is 1. The minimum Gasteiger partial charge on any atom is -0.489 e. The molecule has 0 bridgehead atoms. The minimum absolute atomic E-state index is 0.120. The van der Waals surface area contributed by atoms with Gasteiger partial charge in [0.25, 0.3) is 0 Å². The van der Waals surface area contributed by atoms with Gasteiger partial charge in [-0.1, -0.05) is 36.8 Å². The van der Waals surface area contributed by atoms with Crippen molar-refractivity contribution in [3.63, 3.8) is 0 Å². The second-order valence-electron chi connectivity index (χ2n) is 7.52. The Bertz CT molecular complexity index is 995. The highest BCUT2D eigenvalue weighted by atomic mass is 32.2. The van der Waals surface area contributed by atoms with Crippen molar-refractivity contribution in [2.45, 2.75) is 44.1 Å². The summed E-state index contributed by atoms with van der Waals surface area (Å²) in [6, 6.07) is 14.1. The van der Waals surface area contributed by atoms with Crippen LogP contribution >= 0.6 is 0 Å². The van der Waals surface area contributed by atoms with Crippen LogP contribution in [0.5, 0.6) is 5.75 Å². The van der Waals surface area contributed by atoms with Gasteiger partial charge >= 0.3 is 0 Å². The molecule has 1 heterocycles. The molecule has 6 nitrogen and oxygen atoms in total. The Balaban J connectivity index is 1.85. The normalized spacial score (nSPS) is 15.4. The minimum atomic E-state index is -3.61. The number of carbonyl (C=O) groups excluding carboxylic acids is 1. The molecule has 0 atom stereocenters. The maximum absolute atomic E-state index is 13.0. The summed E-state index contributed by atoms with van der Waals surface area (Å²) in [6.07, 6.45) is 5.77. The van der Waals surface area contributed by atoms with Gasteiger partial charge < -0.3 is 10.1 Å². The zero-order chi connectivity index (χ0) is 21.6. The van der Waals surface area contributed by atoms with Gasteiger partial charge in [0.2, 0.25) is 15.9 Å². The van der Waals surface area contributed by atoms with E-state index in [1.54, 1.807) is 12.1 Å². The number of piperidine rings is 1. The summed E-state index contributed by atoms with van der Waals surface area (Å²) in [5.41, 5.74) is 1.23. The van der Waals surface area contributed by atoms with Crippen molar-refractivity contribution in [3.05, 3.63) is 60.2 Å². The van der Waals surface area contributed by atoms with Crippen LogP contribution in [0.1, 0.15) is 38.7 Å². The van der Waals surface area contributed by atoms with Crippen molar-refractivity contribution in [1.29, 1.82) is 0 Å². The number of amides is 1. The molecule has 0 unspecified atom stereocenters. The summed E-state index contributed by atoms with van der Waals surface area (Å²) in [7, 11) is -3.61. The Morgan fingerprint density at radius 2 is 1.77 bits per heavy atom. The van der Waals surface area contributed by atoms with Crippen molar-refractivity contribution >= 4 is 27.7 Å². The lowest BCUT2D eigenvalue weighted by atomic mass is 10.2. The first-order valence-electron chi connectivity index (χ1n) is 10.2. The van der Waals surface area contributed by atoms with Crippen molar-refractivity contribution in [2.75, 3.05) is 18.4 Å². The summed E-state index contributed by atoms with van der Waals surface area (Å²) in [5.74, 6) is 0.0732. The lowest BCUT2D eigenvalue weighted by molar-refractivity contribution is -0.111. The van der Waals surface area contributed by atoms with Crippen LogP contribution in [-0.4, -0.2) is 37.8 Å². The van der Waals surface area contributed by atoms with Crippen LogP contribution in [0.25, 0.3) is 6.08 Å². The predicted octanol–water partition coefficient (Wildman–Crippen LogP) is 4.30. The monoisotopic (exact) mass is 428 g/mol. The molecule has 3 rings (SSSR count). The molecule has 7 heteroatoms. The maximum atomic E-state index is 13.0. The lowest BCUT2D eigenvalue weighted by Crippen LogP contribution is -2.35. The van der Waals surface area contributed by atoms with Gasteiger partial charge in [0.05, 0.1) is 16.7 Å². The smallest absolute Gasteiger partial charge is 0.248 e. The van der Waals surface area contributed by atoms with Gasteiger partial charge in [-0.2, -0.15) is 4.31 Å². The Hall–Kier alpha value is -2.64. The molecule has 160 valence electrons. The fraction of sp³-hybridized carbons (Fsp3) is 0.348. The second-order valence-corrected chi connectivity index (χ2v) is 9.46. The largest absolute Gasteiger partial charge is 0.489 e. The van der Waals surface area contributed by atoms with Crippen molar-refractivity contribution in [2.24, 2.45) is 0 Å². The van der Waals surface area contributed by atoms with E-state index in [4.69, 9.17) is 4.74 Å². The number of sulfonamides is 1. The van der Waals surface area contributed by atoms with E-state index in [1.807, 2.05) is 44.2 Å². The van der Waals surface area contributed by atoms with Gasteiger partial charge in [-0.25, -0.2) is 8.42 Å². The Morgan fingerprint density at radius 1 is 1.07 bits per heavy atom. The van der Waals surface area contributed by atoms with E-state index in [1.165, 1.54) is 22.5 Å². The number of hydrogen-bond donors (Lipinski definition) is 1. The molecule has 0 spiro atoms. The van der Waals surface area contributed by atoms with Gasteiger partial charge in [-0.3, -0.25) is 4.79 Å². The third-order valence-corrected chi connectivity index (χ3v) is 6.65. The summed E-state index contributed by atoms with van der Waals surface area (Å²) < 4.78 is 33.3. The van der Waals surface area contributed by atoms with Gasteiger partial charge in [0.1, 0.15) is 5.75 Å². The fourth-order valence-corrected chi connectivity index (χ4v) is 4.83. The quantitative estimate of drug-likeness (QED) is 0.667. The lowest BCUT2D eigenvalue weighted by Gasteiger charge is -2.26. The molecule has 0 aliphatic carbocycles. The Labute approximate surface area is 178 Å². The summed E-state index contributed by atoms with van der Waals surface area (Å²) in [6.45, 7) is 4.79. The van der Waals surface area contributed by atoms with E-state index >= 15 is 0 Å². The second kappa shape index (κ2) is 9.91. The van der Waals surface area contributed by atoms with Crippen LogP contribution < -0.4 is 10.1 Å². The standard InChI is InChI=1S/C23H28N2O4S/c1-18(2)29-22-13-12-20(30(27,28)25-15-7-4-8-16-25)17-21(22)24-23(26)14-11-19-9-5-3-6-10-19/h3,5-6,9-14,17-18H,4,7-8,15-16H2,1-2H3,(H,24,26)/b14-11-. The van der Waals surface area contributed by atoms with Gasteiger partial charge in [-0.05, 0) is 56.5 Å². The van der Waals surface area contributed by atoms with E-state index in [0.29, 0.717) is 24.5 Å². The molecule has 0 radical (unpaired) electrons. The van der Waals surface area contributed by atoms with Crippen LogP contribution in [0.15, 0.2) is 59.5 Å². The molecule has 1 saturated heterocycles. The molecule has 1 amide bonds. The van der Waals surface area contributed by atoms with Crippen LogP contribution in [0.3, 0.4) is 0 Å². The average molecular weight is 429 g/mol. The molecular formula is C23H28N2O4S. The third-order valence-electron chi connectivity index (χ3n) is 4.75. The fourth-order valence-electron chi connectivity index (χ4n) is 3.29. The molecular weight excluding hydrogens is 400 g/mol. The van der Waals surface area contributed by atoms with Crippen LogP contribution in [0.4, 0.5) is 5.69 Å². The van der Waals surface area contributed by atoms with E-state index in [-0.39, 0.29) is 16.9 Å². The molecule has 1 aliphatic heterocycles. The van der Waals surface area contributed by atoms with Crippen molar-refractivity contribution in [3.8, 4) is 5.75 Å². The van der Waals surface area contributed by atoms with Crippen LogP contribution in [0.2, 0.25) is 0 Å². The summed E-state index contributed by atoms with van der Waals surface area (Å²) >= 11 is 0. The number of nitrogens with one attached hydrogen (secondary N) is 1. The third kappa shape index (κ3) is 5.70.